The van der Waals surface area contributed by atoms with Crippen LogP contribution in [0.15, 0.2) is 12.1 Å². The van der Waals surface area contributed by atoms with Crippen LogP contribution in [0.1, 0.15) is 37.9 Å². The lowest BCUT2D eigenvalue weighted by Gasteiger charge is -2.26. The Morgan fingerprint density at radius 3 is 1.94 bits per heavy atom. The minimum atomic E-state index is 0.0183. The first kappa shape index (κ1) is 14.8. The largest absolute Gasteiger partial charge is 0.493 e. The number of aryl methyl sites for hydroxylation is 1. The molecule has 0 heterocycles. The third-order valence-corrected chi connectivity index (χ3v) is 3.75. The fraction of sp³-hybridized carbons (Fsp3) is 0.600. The maximum Gasteiger partial charge on any atom is 0.161 e. The summed E-state index contributed by atoms with van der Waals surface area (Å²) in [6.07, 6.45) is 0. The molecule has 3 heteroatoms. The molecule has 3 nitrogen and oxygen atoms in total. The van der Waals surface area contributed by atoms with Gasteiger partial charge in [-0.15, -0.1) is 0 Å². The van der Waals surface area contributed by atoms with Gasteiger partial charge in [-0.25, -0.2) is 0 Å². The second kappa shape index (κ2) is 6.10. The Balaban J connectivity index is 3.16. The van der Waals surface area contributed by atoms with Gasteiger partial charge in [-0.2, -0.15) is 0 Å². The molecule has 0 fully saturated rings. The molecule has 0 aliphatic carbocycles. The molecular formula is C15H25NO2. The summed E-state index contributed by atoms with van der Waals surface area (Å²) < 4.78 is 10.6. The van der Waals surface area contributed by atoms with E-state index >= 15 is 0 Å². The third kappa shape index (κ3) is 2.96. The van der Waals surface area contributed by atoms with Crippen molar-refractivity contribution in [1.29, 1.82) is 0 Å². The van der Waals surface area contributed by atoms with Crippen molar-refractivity contribution in [3.05, 3.63) is 23.3 Å². The van der Waals surface area contributed by atoms with E-state index in [0.29, 0.717) is 11.8 Å². The topological polar surface area (TPSA) is 44.5 Å². The van der Waals surface area contributed by atoms with Crippen LogP contribution >= 0.6 is 0 Å². The normalized spacial score (nSPS) is 14.4. The summed E-state index contributed by atoms with van der Waals surface area (Å²) in [5.41, 5.74) is 8.64. The predicted molar refractivity (Wildman–Crippen MR) is 75.2 cm³/mol. The molecule has 0 bridgehead atoms. The minimum absolute atomic E-state index is 0.0183. The minimum Gasteiger partial charge on any atom is -0.493 e. The zero-order valence-corrected chi connectivity index (χ0v) is 12.3. The smallest absolute Gasteiger partial charge is 0.161 e. The summed E-state index contributed by atoms with van der Waals surface area (Å²) >= 11 is 0. The first-order chi connectivity index (χ1) is 8.42. The van der Waals surface area contributed by atoms with Crippen LogP contribution in [-0.4, -0.2) is 14.2 Å². The number of benzene rings is 1. The molecule has 0 radical (unpaired) electrons. The van der Waals surface area contributed by atoms with Gasteiger partial charge in [0.25, 0.3) is 0 Å². The van der Waals surface area contributed by atoms with E-state index in [1.165, 1.54) is 0 Å². The van der Waals surface area contributed by atoms with E-state index in [-0.39, 0.29) is 6.04 Å². The lowest BCUT2D eigenvalue weighted by Crippen LogP contribution is -2.24. The van der Waals surface area contributed by atoms with Crippen molar-refractivity contribution < 1.29 is 9.47 Å². The monoisotopic (exact) mass is 251 g/mol. The summed E-state index contributed by atoms with van der Waals surface area (Å²) in [4.78, 5) is 0. The molecule has 1 aromatic carbocycles. The van der Waals surface area contributed by atoms with Gasteiger partial charge in [0.05, 0.1) is 14.2 Å². The van der Waals surface area contributed by atoms with Gasteiger partial charge in [-0.05, 0) is 42.0 Å². The van der Waals surface area contributed by atoms with Gasteiger partial charge in [0.15, 0.2) is 11.5 Å². The van der Waals surface area contributed by atoms with Crippen LogP contribution in [0.3, 0.4) is 0 Å². The van der Waals surface area contributed by atoms with Gasteiger partial charge in [0.1, 0.15) is 0 Å². The van der Waals surface area contributed by atoms with Crippen molar-refractivity contribution in [2.45, 2.75) is 33.7 Å². The van der Waals surface area contributed by atoms with E-state index in [4.69, 9.17) is 15.2 Å². The summed E-state index contributed by atoms with van der Waals surface area (Å²) in [5, 5.41) is 0. The molecule has 0 saturated carbocycles. The number of hydrogen-bond acceptors (Lipinski definition) is 3. The van der Waals surface area contributed by atoms with Gasteiger partial charge in [0, 0.05) is 6.04 Å². The highest BCUT2D eigenvalue weighted by Crippen LogP contribution is 2.35. The molecule has 2 N–H and O–H groups in total. The Morgan fingerprint density at radius 1 is 1.00 bits per heavy atom. The van der Waals surface area contributed by atoms with Gasteiger partial charge in [0.2, 0.25) is 0 Å². The highest BCUT2D eigenvalue weighted by atomic mass is 16.5. The lowest BCUT2D eigenvalue weighted by molar-refractivity contribution is 0.341. The number of methoxy groups -OCH3 is 2. The molecule has 18 heavy (non-hydrogen) atoms. The summed E-state index contributed by atoms with van der Waals surface area (Å²) in [6, 6.07) is 4.00. The van der Waals surface area contributed by atoms with Crippen molar-refractivity contribution in [1.82, 2.24) is 0 Å². The number of ether oxygens (including phenoxy) is 2. The van der Waals surface area contributed by atoms with Crippen LogP contribution in [0.4, 0.5) is 0 Å². The van der Waals surface area contributed by atoms with E-state index in [1.54, 1.807) is 14.2 Å². The SMILES string of the molecule is COc1cc(C)c(C(N)C(C)C(C)C)cc1OC. The molecule has 0 saturated heterocycles. The Labute approximate surface area is 110 Å². The molecule has 0 aliphatic rings. The number of hydrogen-bond donors (Lipinski definition) is 1. The second-order valence-electron chi connectivity index (χ2n) is 5.19. The van der Waals surface area contributed by atoms with Crippen LogP contribution in [-0.2, 0) is 0 Å². The molecule has 0 amide bonds. The van der Waals surface area contributed by atoms with E-state index in [1.807, 2.05) is 12.1 Å². The van der Waals surface area contributed by atoms with Crippen LogP contribution in [0.5, 0.6) is 11.5 Å². The van der Waals surface area contributed by atoms with Crippen molar-refractivity contribution in [3.63, 3.8) is 0 Å². The summed E-state index contributed by atoms with van der Waals surface area (Å²) in [6.45, 7) is 8.64. The molecule has 102 valence electrons. The van der Waals surface area contributed by atoms with E-state index in [0.717, 1.165) is 22.6 Å². The molecule has 1 aromatic rings. The Bertz CT molecular complexity index is 402. The average Bonchev–Trinajstić information content (AvgIpc) is 2.36. The van der Waals surface area contributed by atoms with Crippen LogP contribution in [0.25, 0.3) is 0 Å². The van der Waals surface area contributed by atoms with Gasteiger partial charge >= 0.3 is 0 Å². The van der Waals surface area contributed by atoms with Gasteiger partial charge in [-0.3, -0.25) is 0 Å². The fourth-order valence-electron chi connectivity index (χ4n) is 2.05. The van der Waals surface area contributed by atoms with Crippen molar-refractivity contribution >= 4 is 0 Å². The Kier molecular flexibility index (Phi) is 5.03. The van der Waals surface area contributed by atoms with E-state index < -0.39 is 0 Å². The molecule has 0 aliphatic heterocycles. The van der Waals surface area contributed by atoms with Crippen molar-refractivity contribution in [2.75, 3.05) is 14.2 Å². The summed E-state index contributed by atoms with van der Waals surface area (Å²) in [7, 11) is 3.29. The first-order valence-corrected chi connectivity index (χ1v) is 6.40. The fourth-order valence-corrected chi connectivity index (χ4v) is 2.05. The zero-order chi connectivity index (χ0) is 13.9. The number of nitrogens with two attached hydrogens (primary N) is 1. The quantitative estimate of drug-likeness (QED) is 0.873. The average molecular weight is 251 g/mol. The predicted octanol–water partition coefficient (Wildman–Crippen LogP) is 3.30. The van der Waals surface area contributed by atoms with Crippen LogP contribution in [0.2, 0.25) is 0 Å². The first-order valence-electron chi connectivity index (χ1n) is 6.40. The zero-order valence-electron chi connectivity index (χ0n) is 12.3. The van der Waals surface area contributed by atoms with E-state index in [9.17, 15) is 0 Å². The third-order valence-electron chi connectivity index (χ3n) is 3.75. The Morgan fingerprint density at radius 2 is 1.50 bits per heavy atom. The molecule has 2 atom stereocenters. The maximum atomic E-state index is 6.36. The standard InChI is InChI=1S/C15H25NO2/c1-9(2)11(4)15(16)12-8-14(18-6)13(17-5)7-10(12)3/h7-9,11,15H,16H2,1-6H3. The van der Waals surface area contributed by atoms with Crippen molar-refractivity contribution in [3.8, 4) is 11.5 Å². The Hall–Kier alpha value is -1.22. The molecule has 1 rings (SSSR count). The maximum absolute atomic E-state index is 6.36. The van der Waals surface area contributed by atoms with E-state index in [2.05, 4.69) is 27.7 Å². The van der Waals surface area contributed by atoms with Gasteiger partial charge in [-0.1, -0.05) is 20.8 Å². The molecule has 2 unspecified atom stereocenters. The molecular weight excluding hydrogens is 226 g/mol. The van der Waals surface area contributed by atoms with Gasteiger partial charge < -0.3 is 15.2 Å². The van der Waals surface area contributed by atoms with Crippen LogP contribution < -0.4 is 15.2 Å². The molecule has 0 spiro atoms. The second-order valence-corrected chi connectivity index (χ2v) is 5.19. The van der Waals surface area contributed by atoms with Crippen LogP contribution in [0, 0.1) is 18.8 Å². The van der Waals surface area contributed by atoms with Crippen molar-refractivity contribution in [2.24, 2.45) is 17.6 Å². The summed E-state index contributed by atoms with van der Waals surface area (Å²) in [5.74, 6) is 2.46. The molecule has 0 aromatic heterocycles. The highest BCUT2D eigenvalue weighted by Gasteiger charge is 2.21. The number of rotatable bonds is 5. The highest BCUT2D eigenvalue weighted by molar-refractivity contribution is 5.48. The lowest BCUT2D eigenvalue weighted by atomic mass is 9.85.